The second-order valence-electron chi connectivity index (χ2n) is 7.98. The van der Waals surface area contributed by atoms with Gasteiger partial charge in [-0.25, -0.2) is 0 Å². The molecule has 0 unspecified atom stereocenters. The minimum atomic E-state index is -0.330. The van der Waals surface area contributed by atoms with Crippen molar-refractivity contribution in [1.29, 1.82) is 0 Å². The van der Waals surface area contributed by atoms with E-state index in [0.717, 1.165) is 37.4 Å². The quantitative estimate of drug-likeness (QED) is 0.809. The molecule has 26 heavy (non-hydrogen) atoms. The third-order valence-electron chi connectivity index (χ3n) is 4.99. The summed E-state index contributed by atoms with van der Waals surface area (Å²) in [5, 5.41) is 0. The third-order valence-corrected chi connectivity index (χ3v) is 4.99. The summed E-state index contributed by atoms with van der Waals surface area (Å²) in [6, 6.07) is 7.82. The minimum absolute atomic E-state index is 0.0699. The Balaban J connectivity index is 1.58. The number of ether oxygens (including phenoxy) is 1. The molecule has 1 aromatic carbocycles. The van der Waals surface area contributed by atoms with Gasteiger partial charge in [0.15, 0.2) is 0 Å². The van der Waals surface area contributed by atoms with E-state index in [1.54, 1.807) is 0 Å². The molecule has 0 aromatic heterocycles. The summed E-state index contributed by atoms with van der Waals surface area (Å²) in [6.45, 7) is 11.5. The minimum Gasteiger partial charge on any atom is -0.378 e. The Hall–Kier alpha value is -2.08. The van der Waals surface area contributed by atoms with Gasteiger partial charge in [-0.15, -0.1) is 0 Å². The van der Waals surface area contributed by atoms with Crippen molar-refractivity contribution in [3.05, 3.63) is 29.8 Å². The topological polar surface area (TPSA) is 53.1 Å². The van der Waals surface area contributed by atoms with Crippen molar-refractivity contribution in [1.82, 2.24) is 9.80 Å². The number of hydrogen-bond acceptors (Lipinski definition) is 4. The zero-order chi connectivity index (χ0) is 18.7. The summed E-state index contributed by atoms with van der Waals surface area (Å²) in [5.74, 6) is 0.282. The molecule has 1 aromatic rings. The largest absolute Gasteiger partial charge is 0.378 e. The summed E-state index contributed by atoms with van der Waals surface area (Å²) < 4.78 is 5.30. The number of amides is 2. The van der Waals surface area contributed by atoms with Crippen LogP contribution < -0.4 is 4.90 Å². The first-order chi connectivity index (χ1) is 12.4. The van der Waals surface area contributed by atoms with Crippen molar-refractivity contribution in [3.63, 3.8) is 0 Å². The number of rotatable bonds is 2. The SMILES string of the molecule is CC(C)(C)C(=O)N1CCN(c2ccc(C(=O)N3CCOCC3)cc2)CC1. The molecule has 0 N–H and O–H groups in total. The lowest BCUT2D eigenvalue weighted by Gasteiger charge is -2.38. The van der Waals surface area contributed by atoms with E-state index < -0.39 is 0 Å². The predicted molar refractivity (Wildman–Crippen MR) is 101 cm³/mol. The van der Waals surface area contributed by atoms with Crippen molar-refractivity contribution >= 4 is 17.5 Å². The molecule has 0 aliphatic carbocycles. The molecule has 2 aliphatic rings. The summed E-state index contributed by atoms with van der Waals surface area (Å²) >= 11 is 0. The van der Waals surface area contributed by atoms with E-state index >= 15 is 0 Å². The lowest BCUT2D eigenvalue weighted by atomic mass is 9.94. The van der Waals surface area contributed by atoms with Gasteiger partial charge in [-0.3, -0.25) is 9.59 Å². The molecular formula is C20H29N3O3. The summed E-state index contributed by atoms with van der Waals surface area (Å²) in [4.78, 5) is 31.0. The molecule has 0 spiro atoms. The van der Waals surface area contributed by atoms with Crippen LogP contribution >= 0.6 is 0 Å². The van der Waals surface area contributed by atoms with E-state index in [2.05, 4.69) is 4.90 Å². The van der Waals surface area contributed by atoms with Gasteiger partial charge in [0.2, 0.25) is 5.91 Å². The molecule has 142 valence electrons. The molecule has 0 bridgehead atoms. The molecule has 2 aliphatic heterocycles. The molecule has 6 nitrogen and oxygen atoms in total. The fraction of sp³-hybridized carbons (Fsp3) is 0.600. The highest BCUT2D eigenvalue weighted by molar-refractivity contribution is 5.94. The van der Waals surface area contributed by atoms with Gasteiger partial charge in [-0.2, -0.15) is 0 Å². The molecule has 3 rings (SSSR count). The second kappa shape index (κ2) is 7.66. The van der Waals surface area contributed by atoms with Crippen LogP contribution in [0.15, 0.2) is 24.3 Å². The van der Waals surface area contributed by atoms with Crippen LogP contribution in [0.4, 0.5) is 5.69 Å². The number of anilines is 1. The zero-order valence-electron chi connectivity index (χ0n) is 16.0. The van der Waals surface area contributed by atoms with E-state index in [4.69, 9.17) is 4.74 Å². The number of morpholine rings is 1. The van der Waals surface area contributed by atoms with Gasteiger partial charge in [-0.1, -0.05) is 20.8 Å². The maximum Gasteiger partial charge on any atom is 0.254 e. The second-order valence-corrected chi connectivity index (χ2v) is 7.98. The van der Waals surface area contributed by atoms with Crippen molar-refractivity contribution in [2.45, 2.75) is 20.8 Å². The van der Waals surface area contributed by atoms with Gasteiger partial charge in [-0.05, 0) is 24.3 Å². The number of carbonyl (C=O) groups excluding carboxylic acids is 2. The lowest BCUT2D eigenvalue weighted by Crippen LogP contribution is -2.51. The van der Waals surface area contributed by atoms with Crippen LogP contribution in [0, 0.1) is 5.41 Å². The van der Waals surface area contributed by atoms with Crippen molar-refractivity contribution in [2.24, 2.45) is 5.41 Å². The van der Waals surface area contributed by atoms with Crippen molar-refractivity contribution in [2.75, 3.05) is 57.4 Å². The Morgan fingerprint density at radius 2 is 1.42 bits per heavy atom. The van der Waals surface area contributed by atoms with Gasteiger partial charge in [0.1, 0.15) is 0 Å². The fourth-order valence-electron chi connectivity index (χ4n) is 3.41. The molecule has 2 saturated heterocycles. The Morgan fingerprint density at radius 3 is 1.96 bits per heavy atom. The Bertz CT molecular complexity index is 637. The van der Waals surface area contributed by atoms with Crippen LogP contribution in [0.1, 0.15) is 31.1 Å². The van der Waals surface area contributed by atoms with E-state index in [-0.39, 0.29) is 17.2 Å². The van der Waals surface area contributed by atoms with E-state index in [1.165, 1.54) is 0 Å². The first kappa shape index (κ1) is 18.7. The number of nitrogens with zero attached hydrogens (tertiary/aromatic N) is 3. The van der Waals surface area contributed by atoms with Gasteiger partial charge in [0, 0.05) is 55.9 Å². The summed E-state index contributed by atoms with van der Waals surface area (Å²) in [6.07, 6.45) is 0. The maximum absolute atomic E-state index is 12.5. The number of piperazine rings is 1. The Morgan fingerprint density at radius 1 is 0.846 bits per heavy atom. The first-order valence-corrected chi connectivity index (χ1v) is 9.38. The molecule has 6 heteroatoms. The van der Waals surface area contributed by atoms with E-state index in [0.29, 0.717) is 26.3 Å². The van der Waals surface area contributed by atoms with Crippen molar-refractivity contribution < 1.29 is 14.3 Å². The normalized spacial score (nSPS) is 18.8. The monoisotopic (exact) mass is 359 g/mol. The van der Waals surface area contributed by atoms with Crippen LogP contribution in [0.2, 0.25) is 0 Å². The lowest BCUT2D eigenvalue weighted by molar-refractivity contribution is -0.139. The maximum atomic E-state index is 12.5. The van der Waals surface area contributed by atoms with Crippen LogP contribution in [-0.2, 0) is 9.53 Å². The highest BCUT2D eigenvalue weighted by Gasteiger charge is 2.29. The number of hydrogen-bond donors (Lipinski definition) is 0. The third kappa shape index (κ3) is 4.18. The average molecular weight is 359 g/mol. The fourth-order valence-corrected chi connectivity index (χ4v) is 3.41. The molecule has 0 radical (unpaired) electrons. The smallest absolute Gasteiger partial charge is 0.254 e. The van der Waals surface area contributed by atoms with Crippen LogP contribution in [-0.4, -0.2) is 74.1 Å². The van der Waals surface area contributed by atoms with Crippen molar-refractivity contribution in [3.8, 4) is 0 Å². The van der Waals surface area contributed by atoms with E-state index in [9.17, 15) is 9.59 Å². The Kier molecular flexibility index (Phi) is 5.51. The van der Waals surface area contributed by atoms with Gasteiger partial charge in [0.05, 0.1) is 13.2 Å². The van der Waals surface area contributed by atoms with Crippen LogP contribution in [0.5, 0.6) is 0 Å². The molecule has 2 fully saturated rings. The molecule has 2 amide bonds. The van der Waals surface area contributed by atoms with Gasteiger partial charge < -0.3 is 19.4 Å². The molecular weight excluding hydrogens is 330 g/mol. The number of benzene rings is 1. The molecule has 0 saturated carbocycles. The van der Waals surface area contributed by atoms with E-state index in [1.807, 2.05) is 54.8 Å². The van der Waals surface area contributed by atoms with Gasteiger partial charge in [0.25, 0.3) is 5.91 Å². The highest BCUT2D eigenvalue weighted by atomic mass is 16.5. The predicted octanol–water partition coefficient (Wildman–Crippen LogP) is 1.85. The molecule has 0 atom stereocenters. The zero-order valence-corrected chi connectivity index (χ0v) is 16.0. The average Bonchev–Trinajstić information content (AvgIpc) is 2.67. The summed E-state index contributed by atoms with van der Waals surface area (Å²) in [7, 11) is 0. The van der Waals surface area contributed by atoms with Crippen LogP contribution in [0.3, 0.4) is 0 Å². The Labute approximate surface area is 155 Å². The first-order valence-electron chi connectivity index (χ1n) is 9.38. The van der Waals surface area contributed by atoms with Gasteiger partial charge >= 0.3 is 0 Å². The summed E-state index contributed by atoms with van der Waals surface area (Å²) in [5.41, 5.74) is 1.49. The number of carbonyl (C=O) groups is 2. The molecule has 2 heterocycles. The standard InChI is InChI=1S/C20H29N3O3/c1-20(2,3)19(25)23-10-8-21(9-11-23)17-6-4-16(5-7-17)18(24)22-12-14-26-15-13-22/h4-7H,8-15H2,1-3H3. The highest BCUT2D eigenvalue weighted by Crippen LogP contribution is 2.22. The van der Waals surface area contributed by atoms with Crippen LogP contribution in [0.25, 0.3) is 0 Å².